The third-order valence-corrected chi connectivity index (χ3v) is 1.49. The molecule has 2 unspecified atom stereocenters. The second kappa shape index (κ2) is 10.6. The van der Waals surface area contributed by atoms with Gasteiger partial charge in [-0.1, -0.05) is 0 Å². The highest BCUT2D eigenvalue weighted by Gasteiger charge is 2.04. The first-order valence-corrected chi connectivity index (χ1v) is 4.47. The molecular formula is C8H20Cl2N6. The molecule has 0 spiro atoms. The molecular weight excluding hydrogens is 251 g/mol. The van der Waals surface area contributed by atoms with Crippen molar-refractivity contribution < 1.29 is 0 Å². The first kappa shape index (κ1) is 20.5. The summed E-state index contributed by atoms with van der Waals surface area (Å²) in [5, 5.41) is 22.0. The van der Waals surface area contributed by atoms with Crippen LogP contribution in [0, 0.1) is 10.8 Å². The van der Waals surface area contributed by atoms with Crippen LogP contribution in [-0.2, 0) is 0 Å². The number of nitrogens with zero attached hydrogens (tertiary/aromatic N) is 2. The number of nitrogens with two attached hydrogens (primary N) is 2. The number of halogens is 2. The Hall–Kier alpha value is -0.880. The molecule has 2 atom stereocenters. The Morgan fingerprint density at radius 1 is 0.938 bits per heavy atom. The van der Waals surface area contributed by atoms with Gasteiger partial charge in [-0.25, -0.2) is 0 Å². The number of azo groups is 1. The lowest BCUT2D eigenvalue weighted by atomic mass is 10.2. The minimum absolute atomic E-state index is 0. The lowest BCUT2D eigenvalue weighted by molar-refractivity contribution is 0.637. The Labute approximate surface area is 108 Å². The van der Waals surface area contributed by atoms with Gasteiger partial charge in [0, 0.05) is 12.8 Å². The molecule has 0 aromatic heterocycles. The van der Waals surface area contributed by atoms with E-state index in [1.807, 2.05) is 13.8 Å². The van der Waals surface area contributed by atoms with Crippen LogP contribution in [0.3, 0.4) is 0 Å². The van der Waals surface area contributed by atoms with E-state index in [9.17, 15) is 0 Å². The van der Waals surface area contributed by atoms with Gasteiger partial charge in [0.25, 0.3) is 0 Å². The number of amidine groups is 2. The molecule has 0 saturated carbocycles. The third kappa shape index (κ3) is 13.1. The quantitative estimate of drug-likeness (QED) is 0.333. The Morgan fingerprint density at radius 2 is 1.19 bits per heavy atom. The summed E-state index contributed by atoms with van der Waals surface area (Å²) < 4.78 is 0. The van der Waals surface area contributed by atoms with Crippen LogP contribution in [0.2, 0.25) is 0 Å². The van der Waals surface area contributed by atoms with Gasteiger partial charge in [0.05, 0.1) is 23.8 Å². The van der Waals surface area contributed by atoms with Crippen molar-refractivity contribution in [3.63, 3.8) is 0 Å². The zero-order valence-corrected chi connectivity index (χ0v) is 11.1. The van der Waals surface area contributed by atoms with Gasteiger partial charge >= 0.3 is 0 Å². The van der Waals surface area contributed by atoms with E-state index in [-0.39, 0.29) is 48.6 Å². The Balaban J connectivity index is -0.000000845. The summed E-state index contributed by atoms with van der Waals surface area (Å²) in [5.74, 6) is 0.214. The van der Waals surface area contributed by atoms with Crippen molar-refractivity contribution in [3.8, 4) is 0 Å². The van der Waals surface area contributed by atoms with Gasteiger partial charge < -0.3 is 11.5 Å². The fraction of sp³-hybridized carbons (Fsp3) is 0.750. The highest BCUT2D eigenvalue weighted by atomic mass is 35.5. The van der Waals surface area contributed by atoms with Crippen molar-refractivity contribution >= 4 is 36.5 Å². The van der Waals surface area contributed by atoms with Crippen molar-refractivity contribution in [2.75, 3.05) is 0 Å². The van der Waals surface area contributed by atoms with Crippen molar-refractivity contribution in [3.05, 3.63) is 0 Å². The highest BCUT2D eigenvalue weighted by Crippen LogP contribution is 2.02. The second-order valence-electron chi connectivity index (χ2n) is 3.39. The Bertz CT molecular complexity index is 219. The van der Waals surface area contributed by atoms with E-state index in [1.165, 1.54) is 0 Å². The minimum atomic E-state index is -0.0816. The summed E-state index contributed by atoms with van der Waals surface area (Å²) in [6.07, 6.45) is 0.826. The highest BCUT2D eigenvalue weighted by molar-refractivity contribution is 5.85. The zero-order valence-electron chi connectivity index (χ0n) is 9.43. The molecule has 0 aliphatic rings. The lowest BCUT2D eigenvalue weighted by Gasteiger charge is -2.06. The van der Waals surface area contributed by atoms with E-state index < -0.39 is 0 Å². The van der Waals surface area contributed by atoms with E-state index in [1.54, 1.807) is 0 Å². The van der Waals surface area contributed by atoms with Gasteiger partial charge in [-0.05, 0) is 13.8 Å². The molecule has 0 aromatic carbocycles. The standard InChI is InChI=1S/C8H18N6.2ClH/c1-5(3-7(9)10)13-14-6(2)4-8(11)12;;/h5-6H,3-4H2,1-2H3,(H3,9,10)(H3,11,12);2*1H/b14-13+;;. The van der Waals surface area contributed by atoms with Gasteiger partial charge in [0.2, 0.25) is 0 Å². The summed E-state index contributed by atoms with van der Waals surface area (Å²) in [4.78, 5) is 0. The van der Waals surface area contributed by atoms with Crippen molar-refractivity contribution in [1.29, 1.82) is 10.8 Å². The second-order valence-corrected chi connectivity index (χ2v) is 3.39. The normalized spacial score (nSPS) is 13.4. The van der Waals surface area contributed by atoms with Gasteiger partial charge in [0.15, 0.2) is 0 Å². The van der Waals surface area contributed by atoms with Crippen molar-refractivity contribution in [2.45, 2.75) is 38.8 Å². The fourth-order valence-electron chi connectivity index (χ4n) is 0.946. The Kier molecular flexibility index (Phi) is 13.6. The van der Waals surface area contributed by atoms with E-state index in [4.69, 9.17) is 22.3 Å². The summed E-state index contributed by atoms with van der Waals surface area (Å²) in [7, 11) is 0. The molecule has 0 amide bonds. The summed E-state index contributed by atoms with van der Waals surface area (Å²) in [5.41, 5.74) is 10.4. The van der Waals surface area contributed by atoms with Gasteiger partial charge in [-0.3, -0.25) is 10.8 Å². The van der Waals surface area contributed by atoms with E-state index >= 15 is 0 Å². The molecule has 0 aliphatic carbocycles. The smallest absolute Gasteiger partial charge is 0.0927 e. The van der Waals surface area contributed by atoms with E-state index in [0.717, 1.165) is 0 Å². The minimum Gasteiger partial charge on any atom is -0.388 e. The van der Waals surface area contributed by atoms with Crippen LogP contribution in [-0.4, -0.2) is 23.8 Å². The zero-order chi connectivity index (χ0) is 11.1. The summed E-state index contributed by atoms with van der Waals surface area (Å²) in [6, 6.07) is -0.163. The fourth-order valence-corrected chi connectivity index (χ4v) is 0.946. The molecule has 6 N–H and O–H groups in total. The molecule has 0 radical (unpaired) electrons. The molecule has 0 bridgehead atoms. The average molecular weight is 271 g/mol. The molecule has 96 valence electrons. The number of rotatable bonds is 6. The molecule has 8 heteroatoms. The van der Waals surface area contributed by atoms with Crippen LogP contribution in [0.4, 0.5) is 0 Å². The largest absolute Gasteiger partial charge is 0.388 e. The molecule has 0 rings (SSSR count). The monoisotopic (exact) mass is 270 g/mol. The molecule has 6 nitrogen and oxygen atoms in total. The molecule has 0 fully saturated rings. The van der Waals surface area contributed by atoms with Crippen molar-refractivity contribution in [2.24, 2.45) is 21.7 Å². The molecule has 0 aromatic rings. The lowest BCUT2D eigenvalue weighted by Crippen LogP contribution is -2.17. The summed E-state index contributed by atoms with van der Waals surface area (Å²) >= 11 is 0. The molecule has 0 saturated heterocycles. The van der Waals surface area contributed by atoms with Crippen LogP contribution in [0.15, 0.2) is 10.2 Å². The molecule has 0 aliphatic heterocycles. The number of hydrogen-bond acceptors (Lipinski definition) is 4. The predicted molar refractivity (Wildman–Crippen MR) is 71.3 cm³/mol. The first-order chi connectivity index (χ1) is 6.41. The van der Waals surface area contributed by atoms with Crippen LogP contribution in [0.1, 0.15) is 26.7 Å². The SMILES string of the molecule is CC(CC(=N)N)/N=N/C(C)CC(=N)N.Cl.Cl. The number of hydrogen-bond donors (Lipinski definition) is 4. The maximum Gasteiger partial charge on any atom is 0.0927 e. The van der Waals surface area contributed by atoms with Crippen LogP contribution in [0.5, 0.6) is 0 Å². The van der Waals surface area contributed by atoms with Gasteiger partial charge in [-0.15, -0.1) is 24.8 Å². The molecule has 16 heavy (non-hydrogen) atoms. The van der Waals surface area contributed by atoms with E-state index in [2.05, 4.69) is 10.2 Å². The van der Waals surface area contributed by atoms with Crippen LogP contribution in [0.25, 0.3) is 0 Å². The third-order valence-electron chi connectivity index (χ3n) is 1.49. The maximum absolute atomic E-state index is 7.05. The predicted octanol–water partition coefficient (Wildman–Crippen LogP) is 1.71. The van der Waals surface area contributed by atoms with E-state index in [0.29, 0.717) is 12.8 Å². The molecule has 0 heterocycles. The Morgan fingerprint density at radius 3 is 1.38 bits per heavy atom. The van der Waals surface area contributed by atoms with Crippen LogP contribution < -0.4 is 11.5 Å². The first-order valence-electron chi connectivity index (χ1n) is 4.47. The number of nitrogens with one attached hydrogen (secondary N) is 2. The van der Waals surface area contributed by atoms with Gasteiger partial charge in [0.1, 0.15) is 0 Å². The summed E-state index contributed by atoms with van der Waals surface area (Å²) in [6.45, 7) is 3.68. The van der Waals surface area contributed by atoms with Gasteiger partial charge in [-0.2, -0.15) is 10.2 Å². The maximum atomic E-state index is 7.05. The van der Waals surface area contributed by atoms with Crippen LogP contribution >= 0.6 is 24.8 Å². The van der Waals surface area contributed by atoms with Crippen molar-refractivity contribution in [1.82, 2.24) is 0 Å². The topological polar surface area (TPSA) is 124 Å². The average Bonchev–Trinajstić information content (AvgIpc) is 1.98.